The fraction of sp³-hybridized carbons (Fsp3) is 0.167. The van der Waals surface area contributed by atoms with Gasteiger partial charge in [0.25, 0.3) is 5.56 Å². The van der Waals surface area contributed by atoms with Crippen molar-refractivity contribution in [2.24, 2.45) is 7.05 Å². The molecule has 0 saturated heterocycles. The third-order valence-electron chi connectivity index (χ3n) is 6.44. The number of aryl methyl sites for hydroxylation is 3. The fourth-order valence-corrected chi connectivity index (χ4v) is 4.97. The van der Waals surface area contributed by atoms with E-state index in [1.807, 2.05) is 32.0 Å². The molecule has 40 heavy (non-hydrogen) atoms. The first-order chi connectivity index (χ1) is 19.1. The first-order valence-corrected chi connectivity index (χ1v) is 13.5. The number of pyridine rings is 1. The summed E-state index contributed by atoms with van der Waals surface area (Å²) < 4.78 is 64.2. The molecule has 206 valence electrons. The minimum absolute atomic E-state index is 0.177. The SMILES string of the molecule is Cc1cc(C)cc(-c2cc3c(=O)n(C)cc(-c4cc(CCNS(=O)O)ccc4Oc4ccc(F)cc4F)c3o2)c1. The zero-order chi connectivity index (χ0) is 28.6. The van der Waals surface area contributed by atoms with Gasteiger partial charge in [-0.15, -0.1) is 0 Å². The average molecular weight is 565 g/mol. The second-order valence-corrected chi connectivity index (χ2v) is 10.4. The molecule has 0 aliphatic carbocycles. The largest absolute Gasteiger partial charge is 0.455 e. The highest BCUT2D eigenvalue weighted by Gasteiger charge is 2.20. The number of furan rings is 1. The van der Waals surface area contributed by atoms with Crippen molar-refractivity contribution in [2.45, 2.75) is 20.3 Å². The summed E-state index contributed by atoms with van der Waals surface area (Å²) in [6.45, 7) is 4.18. The monoisotopic (exact) mass is 564 g/mol. The van der Waals surface area contributed by atoms with Crippen LogP contribution in [0, 0.1) is 25.5 Å². The number of benzene rings is 3. The molecule has 0 bridgehead atoms. The van der Waals surface area contributed by atoms with Gasteiger partial charge in [0.2, 0.25) is 11.3 Å². The minimum atomic E-state index is -2.16. The topological polar surface area (TPSA) is 93.7 Å². The smallest absolute Gasteiger partial charge is 0.261 e. The number of nitrogens with zero attached hydrogens (tertiary/aromatic N) is 1. The first kappa shape index (κ1) is 27.4. The van der Waals surface area contributed by atoms with Gasteiger partial charge in [-0.2, -0.15) is 0 Å². The van der Waals surface area contributed by atoms with E-state index in [4.69, 9.17) is 13.7 Å². The Balaban J connectivity index is 1.69. The zero-order valence-electron chi connectivity index (χ0n) is 22.0. The Morgan fingerprint density at radius 2 is 1.70 bits per heavy atom. The molecule has 2 aromatic heterocycles. The molecule has 0 aliphatic rings. The van der Waals surface area contributed by atoms with Gasteiger partial charge in [-0.3, -0.25) is 9.35 Å². The summed E-state index contributed by atoms with van der Waals surface area (Å²) in [5.41, 5.74) is 4.78. The number of rotatable bonds is 8. The number of hydrogen-bond acceptors (Lipinski definition) is 4. The lowest BCUT2D eigenvalue weighted by atomic mass is 10.0. The fourth-order valence-electron chi connectivity index (χ4n) is 4.69. The lowest BCUT2D eigenvalue weighted by molar-refractivity contribution is 0.439. The molecule has 5 rings (SSSR count). The predicted octanol–water partition coefficient (Wildman–Crippen LogP) is 6.42. The zero-order valence-corrected chi connectivity index (χ0v) is 22.8. The van der Waals surface area contributed by atoms with Crippen molar-refractivity contribution in [1.29, 1.82) is 0 Å². The molecule has 0 radical (unpaired) electrons. The Bertz CT molecular complexity index is 1810. The van der Waals surface area contributed by atoms with Gasteiger partial charge in [0.1, 0.15) is 22.9 Å². The minimum Gasteiger partial charge on any atom is -0.455 e. The van der Waals surface area contributed by atoms with Gasteiger partial charge >= 0.3 is 0 Å². The quantitative estimate of drug-likeness (QED) is 0.212. The van der Waals surface area contributed by atoms with E-state index in [2.05, 4.69) is 4.72 Å². The van der Waals surface area contributed by atoms with E-state index in [9.17, 15) is 17.8 Å². The lowest BCUT2D eigenvalue weighted by Gasteiger charge is -2.15. The van der Waals surface area contributed by atoms with Crippen LogP contribution in [0.5, 0.6) is 11.5 Å². The summed E-state index contributed by atoms with van der Waals surface area (Å²) >= 11 is -2.16. The van der Waals surface area contributed by atoms with Gasteiger partial charge in [0.05, 0.1) is 5.39 Å². The highest BCUT2D eigenvalue weighted by atomic mass is 32.2. The summed E-state index contributed by atoms with van der Waals surface area (Å²) in [5, 5.41) is 0.357. The molecule has 5 aromatic rings. The van der Waals surface area contributed by atoms with Crippen LogP contribution in [0.15, 0.2) is 76.1 Å². The third kappa shape index (κ3) is 5.74. The van der Waals surface area contributed by atoms with Gasteiger partial charge in [0.15, 0.2) is 11.6 Å². The van der Waals surface area contributed by atoms with E-state index in [0.29, 0.717) is 34.3 Å². The molecule has 10 heteroatoms. The van der Waals surface area contributed by atoms with Crippen molar-refractivity contribution < 1.29 is 26.7 Å². The maximum Gasteiger partial charge on any atom is 0.261 e. The van der Waals surface area contributed by atoms with Crippen LogP contribution in [0.2, 0.25) is 0 Å². The van der Waals surface area contributed by atoms with Crippen molar-refractivity contribution in [3.63, 3.8) is 0 Å². The standard InChI is InChI=1S/C30H26F2N2O5S/c1-17-10-18(2)12-20(11-17)28-15-23-29(39-28)24(16-34(3)30(23)35)22-13-19(8-9-33-40(36)37)4-6-26(22)38-27-7-5-21(31)14-25(27)32/h4-7,10-16,33H,8-9H2,1-3H3,(H,36,37). The van der Waals surface area contributed by atoms with Gasteiger partial charge in [-0.25, -0.2) is 17.7 Å². The molecule has 0 spiro atoms. The van der Waals surface area contributed by atoms with E-state index in [-0.39, 0.29) is 23.6 Å². The maximum atomic E-state index is 14.5. The van der Waals surface area contributed by atoms with E-state index >= 15 is 0 Å². The van der Waals surface area contributed by atoms with Crippen LogP contribution in [0.3, 0.4) is 0 Å². The Hall–Kier alpha value is -4.12. The van der Waals surface area contributed by atoms with Crippen LogP contribution in [0.4, 0.5) is 8.78 Å². The van der Waals surface area contributed by atoms with Crippen molar-refractivity contribution in [3.8, 4) is 33.9 Å². The molecular formula is C30H26F2N2O5S. The van der Waals surface area contributed by atoms with Crippen LogP contribution in [0.1, 0.15) is 16.7 Å². The van der Waals surface area contributed by atoms with Crippen molar-refractivity contribution in [3.05, 3.63) is 106 Å². The van der Waals surface area contributed by atoms with Gasteiger partial charge in [0, 0.05) is 42.5 Å². The molecule has 3 aromatic carbocycles. The molecule has 7 nitrogen and oxygen atoms in total. The summed E-state index contributed by atoms with van der Waals surface area (Å²) in [5.74, 6) is -1.01. The van der Waals surface area contributed by atoms with Crippen molar-refractivity contribution >= 4 is 22.2 Å². The molecule has 0 fully saturated rings. The molecule has 0 saturated carbocycles. The van der Waals surface area contributed by atoms with Crippen LogP contribution < -0.4 is 15.0 Å². The second-order valence-electron chi connectivity index (χ2n) is 9.59. The van der Waals surface area contributed by atoms with Crippen molar-refractivity contribution in [2.75, 3.05) is 6.54 Å². The lowest BCUT2D eigenvalue weighted by Crippen LogP contribution is -2.19. The summed E-state index contributed by atoms with van der Waals surface area (Å²) in [7, 11) is 1.62. The normalized spacial score (nSPS) is 12.2. The predicted molar refractivity (Wildman–Crippen MR) is 151 cm³/mol. The summed E-state index contributed by atoms with van der Waals surface area (Å²) in [6.07, 6.45) is 2.01. The van der Waals surface area contributed by atoms with Gasteiger partial charge < -0.3 is 13.7 Å². The molecule has 0 amide bonds. The van der Waals surface area contributed by atoms with E-state index in [1.54, 1.807) is 37.5 Å². The van der Waals surface area contributed by atoms with Crippen LogP contribution in [-0.2, 0) is 24.7 Å². The molecule has 1 atom stereocenters. The third-order valence-corrected chi connectivity index (χ3v) is 6.89. The van der Waals surface area contributed by atoms with Crippen LogP contribution in [0.25, 0.3) is 33.4 Å². The molecule has 1 unspecified atom stereocenters. The number of halogens is 2. The molecule has 2 N–H and O–H groups in total. The van der Waals surface area contributed by atoms with Gasteiger partial charge in [-0.1, -0.05) is 23.3 Å². The summed E-state index contributed by atoms with van der Waals surface area (Å²) in [4.78, 5) is 13.1. The number of ether oxygens (including phenoxy) is 1. The van der Waals surface area contributed by atoms with Crippen molar-refractivity contribution in [1.82, 2.24) is 9.29 Å². The van der Waals surface area contributed by atoms with E-state index in [1.165, 1.54) is 10.6 Å². The molecule has 2 heterocycles. The number of fused-ring (bicyclic) bond motifs is 1. The second kappa shape index (κ2) is 11.2. The first-order valence-electron chi connectivity index (χ1n) is 12.4. The highest BCUT2D eigenvalue weighted by Crippen LogP contribution is 2.40. The Labute approximate surface area is 231 Å². The molecule has 0 aliphatic heterocycles. The van der Waals surface area contributed by atoms with Gasteiger partial charge in [-0.05, 0) is 68.3 Å². The number of nitrogens with one attached hydrogen (secondary N) is 1. The Kier molecular flexibility index (Phi) is 7.66. The number of aromatic nitrogens is 1. The van der Waals surface area contributed by atoms with E-state index in [0.717, 1.165) is 34.4 Å². The van der Waals surface area contributed by atoms with Crippen LogP contribution >= 0.6 is 0 Å². The number of hydrogen-bond donors (Lipinski definition) is 2. The maximum absolute atomic E-state index is 14.5. The highest BCUT2D eigenvalue weighted by molar-refractivity contribution is 7.77. The average Bonchev–Trinajstić information content (AvgIpc) is 3.34. The molecular weight excluding hydrogens is 538 g/mol. The van der Waals surface area contributed by atoms with E-state index < -0.39 is 22.9 Å². The Morgan fingerprint density at radius 1 is 0.975 bits per heavy atom. The van der Waals surface area contributed by atoms with Crippen LogP contribution in [-0.4, -0.2) is 19.9 Å². The summed E-state index contributed by atoms with van der Waals surface area (Å²) in [6, 6.07) is 15.9. The Morgan fingerprint density at radius 3 is 2.40 bits per heavy atom.